The number of benzene rings is 2. The predicted molar refractivity (Wildman–Crippen MR) is 115 cm³/mol. The summed E-state index contributed by atoms with van der Waals surface area (Å²) in [6.07, 6.45) is 1.96. The molecule has 0 radical (unpaired) electrons. The van der Waals surface area contributed by atoms with E-state index in [2.05, 4.69) is 24.5 Å². The Bertz CT molecular complexity index is 619. The standard InChI is InChI=1S/C20H24Cl4N2/c1-3-11-25-19(17-13(21)7-5-8-14(17)22)20(26-12-4-2)18-15(23)9-6-10-16(18)24/h5-10,19-20,25-26H,3-4,11-12H2,1-2H3. The Morgan fingerprint density at radius 1 is 0.654 bits per heavy atom. The van der Waals surface area contributed by atoms with Crippen molar-refractivity contribution >= 4 is 46.4 Å². The number of rotatable bonds is 9. The molecule has 0 bridgehead atoms. The zero-order chi connectivity index (χ0) is 19.1. The van der Waals surface area contributed by atoms with Gasteiger partial charge in [-0.1, -0.05) is 72.4 Å². The van der Waals surface area contributed by atoms with E-state index in [1.54, 1.807) is 0 Å². The monoisotopic (exact) mass is 432 g/mol. The number of hydrogen-bond acceptors (Lipinski definition) is 2. The molecule has 0 aliphatic carbocycles. The minimum absolute atomic E-state index is 0.167. The van der Waals surface area contributed by atoms with Crippen molar-refractivity contribution in [1.29, 1.82) is 0 Å². The Hall–Kier alpha value is -0.480. The molecule has 2 atom stereocenters. The molecule has 0 saturated carbocycles. The lowest BCUT2D eigenvalue weighted by Crippen LogP contribution is -2.37. The quantitative estimate of drug-likeness (QED) is 0.441. The molecule has 26 heavy (non-hydrogen) atoms. The molecule has 2 unspecified atom stereocenters. The lowest BCUT2D eigenvalue weighted by atomic mass is 9.92. The van der Waals surface area contributed by atoms with Gasteiger partial charge in [0.1, 0.15) is 0 Å². The van der Waals surface area contributed by atoms with Gasteiger partial charge >= 0.3 is 0 Å². The van der Waals surface area contributed by atoms with E-state index in [0.717, 1.165) is 37.1 Å². The van der Waals surface area contributed by atoms with Crippen LogP contribution in [0.25, 0.3) is 0 Å². The maximum Gasteiger partial charge on any atom is 0.0549 e. The molecule has 0 aliphatic rings. The average Bonchev–Trinajstić information content (AvgIpc) is 2.60. The second-order valence-electron chi connectivity index (χ2n) is 6.13. The molecule has 0 aliphatic heterocycles. The summed E-state index contributed by atoms with van der Waals surface area (Å²) >= 11 is 26.1. The minimum atomic E-state index is -0.167. The highest BCUT2D eigenvalue weighted by atomic mass is 35.5. The van der Waals surface area contributed by atoms with Crippen LogP contribution in [-0.4, -0.2) is 13.1 Å². The van der Waals surface area contributed by atoms with Gasteiger partial charge in [-0.2, -0.15) is 0 Å². The summed E-state index contributed by atoms with van der Waals surface area (Å²) in [5.41, 5.74) is 1.71. The van der Waals surface area contributed by atoms with Crippen molar-refractivity contribution in [2.24, 2.45) is 0 Å². The molecule has 0 fully saturated rings. The first-order chi connectivity index (χ1) is 12.5. The summed E-state index contributed by atoms with van der Waals surface area (Å²) in [6.45, 7) is 5.88. The SMILES string of the molecule is CCCNC(c1c(Cl)cccc1Cl)C(NCCC)c1c(Cl)cccc1Cl. The van der Waals surface area contributed by atoms with Gasteiger partial charge in [0.25, 0.3) is 0 Å². The topological polar surface area (TPSA) is 24.1 Å². The third-order valence-electron chi connectivity index (χ3n) is 4.18. The fourth-order valence-corrected chi connectivity index (χ4v) is 4.25. The third-order valence-corrected chi connectivity index (χ3v) is 5.50. The van der Waals surface area contributed by atoms with E-state index < -0.39 is 0 Å². The Morgan fingerprint density at radius 2 is 0.962 bits per heavy atom. The maximum atomic E-state index is 6.53. The van der Waals surface area contributed by atoms with E-state index in [1.165, 1.54) is 0 Å². The Balaban J connectivity index is 2.58. The molecule has 0 saturated heterocycles. The Morgan fingerprint density at radius 3 is 1.23 bits per heavy atom. The van der Waals surface area contributed by atoms with Crippen molar-refractivity contribution < 1.29 is 0 Å². The molecule has 0 aromatic heterocycles. The molecule has 0 heterocycles. The van der Waals surface area contributed by atoms with Gasteiger partial charge in [0, 0.05) is 31.2 Å². The Kier molecular flexibility index (Phi) is 9.02. The van der Waals surface area contributed by atoms with Crippen molar-refractivity contribution in [2.75, 3.05) is 13.1 Å². The fourth-order valence-electron chi connectivity index (χ4n) is 2.99. The highest BCUT2D eigenvalue weighted by Crippen LogP contribution is 2.41. The van der Waals surface area contributed by atoms with Crippen molar-refractivity contribution in [3.05, 3.63) is 67.6 Å². The van der Waals surface area contributed by atoms with Crippen LogP contribution in [0.15, 0.2) is 36.4 Å². The van der Waals surface area contributed by atoms with Crippen LogP contribution >= 0.6 is 46.4 Å². The first kappa shape index (κ1) is 21.8. The van der Waals surface area contributed by atoms with Crippen LogP contribution in [0.4, 0.5) is 0 Å². The maximum absolute atomic E-state index is 6.53. The number of halogens is 4. The molecule has 142 valence electrons. The van der Waals surface area contributed by atoms with Gasteiger partial charge in [0.2, 0.25) is 0 Å². The van der Waals surface area contributed by atoms with Gasteiger partial charge in [-0.25, -0.2) is 0 Å². The van der Waals surface area contributed by atoms with E-state index >= 15 is 0 Å². The lowest BCUT2D eigenvalue weighted by molar-refractivity contribution is 0.385. The molecule has 2 aromatic carbocycles. The zero-order valence-corrected chi connectivity index (χ0v) is 18.0. The molecule has 6 heteroatoms. The molecular weight excluding hydrogens is 410 g/mol. The summed E-state index contributed by atoms with van der Waals surface area (Å²) < 4.78 is 0. The van der Waals surface area contributed by atoms with Gasteiger partial charge in [0.15, 0.2) is 0 Å². The van der Waals surface area contributed by atoms with Crippen LogP contribution in [0, 0.1) is 0 Å². The minimum Gasteiger partial charge on any atom is -0.308 e. The number of hydrogen-bond donors (Lipinski definition) is 2. The van der Waals surface area contributed by atoms with Crippen molar-refractivity contribution in [3.63, 3.8) is 0 Å². The molecule has 2 aromatic rings. The fraction of sp³-hybridized carbons (Fsp3) is 0.400. The summed E-state index contributed by atoms with van der Waals surface area (Å²) in [7, 11) is 0. The molecule has 2 nitrogen and oxygen atoms in total. The van der Waals surface area contributed by atoms with Gasteiger partial charge in [-0.3, -0.25) is 0 Å². The van der Waals surface area contributed by atoms with Gasteiger partial charge in [-0.15, -0.1) is 0 Å². The van der Waals surface area contributed by atoms with E-state index in [9.17, 15) is 0 Å². The van der Waals surface area contributed by atoms with Crippen molar-refractivity contribution in [2.45, 2.75) is 38.8 Å². The summed E-state index contributed by atoms with van der Waals surface area (Å²) in [4.78, 5) is 0. The van der Waals surface area contributed by atoms with Gasteiger partial charge < -0.3 is 10.6 Å². The summed E-state index contributed by atoms with van der Waals surface area (Å²) in [6, 6.07) is 10.8. The lowest BCUT2D eigenvalue weighted by Gasteiger charge is -2.32. The highest BCUT2D eigenvalue weighted by molar-refractivity contribution is 6.37. The second-order valence-corrected chi connectivity index (χ2v) is 7.76. The van der Waals surface area contributed by atoms with Gasteiger partial charge in [0.05, 0.1) is 12.1 Å². The van der Waals surface area contributed by atoms with Crippen LogP contribution in [0.5, 0.6) is 0 Å². The van der Waals surface area contributed by atoms with Crippen LogP contribution in [0.3, 0.4) is 0 Å². The summed E-state index contributed by atoms with van der Waals surface area (Å²) in [5, 5.41) is 9.65. The van der Waals surface area contributed by atoms with Crippen molar-refractivity contribution in [3.8, 4) is 0 Å². The van der Waals surface area contributed by atoms with Crippen molar-refractivity contribution in [1.82, 2.24) is 10.6 Å². The predicted octanol–water partition coefficient (Wildman–Crippen LogP) is 7.08. The third kappa shape index (κ3) is 5.28. The average molecular weight is 434 g/mol. The normalized spacial score (nSPS) is 13.6. The smallest absolute Gasteiger partial charge is 0.0549 e. The van der Waals surface area contributed by atoms with Gasteiger partial charge in [-0.05, 0) is 50.2 Å². The largest absolute Gasteiger partial charge is 0.308 e. The zero-order valence-electron chi connectivity index (χ0n) is 15.0. The molecule has 0 spiro atoms. The van der Waals surface area contributed by atoms with Crippen LogP contribution in [0.2, 0.25) is 20.1 Å². The molecule has 0 amide bonds. The Labute approximate surface area is 176 Å². The van der Waals surface area contributed by atoms with E-state index in [0.29, 0.717) is 20.1 Å². The second kappa shape index (κ2) is 10.8. The van der Waals surface area contributed by atoms with E-state index in [1.807, 2.05) is 36.4 Å². The first-order valence-corrected chi connectivity index (χ1v) is 10.4. The first-order valence-electron chi connectivity index (χ1n) is 8.85. The summed E-state index contributed by atoms with van der Waals surface area (Å²) in [5.74, 6) is 0. The number of nitrogens with one attached hydrogen (secondary N) is 2. The molecular formula is C20H24Cl4N2. The van der Waals surface area contributed by atoms with E-state index in [4.69, 9.17) is 46.4 Å². The van der Waals surface area contributed by atoms with Crippen LogP contribution in [-0.2, 0) is 0 Å². The molecule has 2 N–H and O–H groups in total. The molecule has 2 rings (SSSR count). The van der Waals surface area contributed by atoms with E-state index in [-0.39, 0.29) is 12.1 Å². The highest BCUT2D eigenvalue weighted by Gasteiger charge is 2.30. The van der Waals surface area contributed by atoms with Crippen LogP contribution < -0.4 is 10.6 Å². The van der Waals surface area contributed by atoms with Crippen LogP contribution in [0.1, 0.15) is 49.9 Å².